The number of nitrogens with zero attached hydrogens (tertiary/aromatic N) is 3. The topological polar surface area (TPSA) is 106 Å². The summed E-state index contributed by atoms with van der Waals surface area (Å²) in [7, 11) is 1.32. The second-order valence-electron chi connectivity index (χ2n) is 5.85. The minimum atomic E-state index is -0.470. The fourth-order valence-corrected chi connectivity index (χ4v) is 2.53. The first kappa shape index (κ1) is 19.0. The van der Waals surface area contributed by atoms with Crippen LogP contribution >= 0.6 is 0 Å². The van der Waals surface area contributed by atoms with E-state index in [2.05, 4.69) is 25.6 Å². The Morgan fingerprint density at radius 2 is 1.86 bits per heavy atom. The highest BCUT2D eigenvalue weighted by Crippen LogP contribution is 2.21. The second kappa shape index (κ2) is 8.72. The highest BCUT2D eigenvalue weighted by atomic mass is 16.5. The molecule has 0 aliphatic carbocycles. The average molecular weight is 377 g/mol. The molecule has 0 atom stereocenters. The maximum absolute atomic E-state index is 12.5. The van der Waals surface area contributed by atoms with Crippen LogP contribution in [0.3, 0.4) is 0 Å². The molecule has 8 nitrogen and oxygen atoms in total. The van der Waals surface area contributed by atoms with Gasteiger partial charge in [0.25, 0.3) is 5.91 Å². The van der Waals surface area contributed by atoms with E-state index in [1.807, 2.05) is 18.2 Å². The number of ether oxygens (including phenoxy) is 1. The number of aryl methyl sites for hydroxylation is 1. The van der Waals surface area contributed by atoms with Gasteiger partial charge < -0.3 is 15.4 Å². The molecule has 0 aliphatic heterocycles. The zero-order valence-corrected chi connectivity index (χ0v) is 15.5. The van der Waals surface area contributed by atoms with Gasteiger partial charge in [0.1, 0.15) is 17.3 Å². The minimum absolute atomic E-state index is 0.210. The lowest BCUT2D eigenvalue weighted by atomic mass is 10.2. The van der Waals surface area contributed by atoms with Crippen LogP contribution in [-0.2, 0) is 11.3 Å². The smallest absolute Gasteiger partial charge is 0.339 e. The summed E-state index contributed by atoms with van der Waals surface area (Å²) in [6.45, 7) is 1.98. The van der Waals surface area contributed by atoms with Crippen LogP contribution in [-0.4, -0.2) is 33.9 Å². The number of anilines is 2. The van der Waals surface area contributed by atoms with Gasteiger partial charge in [-0.2, -0.15) is 0 Å². The lowest BCUT2D eigenvalue weighted by Gasteiger charge is -2.11. The van der Waals surface area contributed by atoms with Gasteiger partial charge in [0.05, 0.1) is 30.6 Å². The molecular weight excluding hydrogens is 358 g/mol. The Morgan fingerprint density at radius 1 is 1.07 bits per heavy atom. The maximum Gasteiger partial charge on any atom is 0.339 e. The molecule has 2 N–H and O–H groups in total. The van der Waals surface area contributed by atoms with Crippen LogP contribution in [0, 0.1) is 6.92 Å². The molecule has 2 aromatic heterocycles. The molecule has 0 fully saturated rings. The summed E-state index contributed by atoms with van der Waals surface area (Å²) in [5, 5.41) is 5.83. The van der Waals surface area contributed by atoms with E-state index < -0.39 is 5.97 Å². The lowest BCUT2D eigenvalue weighted by molar-refractivity contribution is 0.0601. The quantitative estimate of drug-likeness (QED) is 0.636. The Balaban J connectivity index is 1.78. The largest absolute Gasteiger partial charge is 0.465 e. The van der Waals surface area contributed by atoms with Gasteiger partial charge >= 0.3 is 5.97 Å². The Hall–Kier alpha value is -3.81. The van der Waals surface area contributed by atoms with Crippen LogP contribution in [0.4, 0.5) is 11.5 Å². The van der Waals surface area contributed by atoms with Crippen LogP contribution in [0.25, 0.3) is 0 Å². The summed E-state index contributed by atoms with van der Waals surface area (Å²) < 4.78 is 4.79. The third-order valence-corrected chi connectivity index (χ3v) is 3.82. The molecule has 0 spiro atoms. The molecule has 8 heteroatoms. The molecule has 0 unspecified atom stereocenters. The number of para-hydroxylation sites is 1. The van der Waals surface area contributed by atoms with E-state index in [1.165, 1.54) is 13.2 Å². The predicted molar refractivity (Wildman–Crippen MR) is 103 cm³/mol. The van der Waals surface area contributed by atoms with Crippen molar-refractivity contribution in [2.75, 3.05) is 12.4 Å². The summed E-state index contributed by atoms with van der Waals surface area (Å²) in [6.07, 6.45) is 1.66. The van der Waals surface area contributed by atoms with Crippen molar-refractivity contribution in [1.29, 1.82) is 0 Å². The van der Waals surface area contributed by atoms with Crippen LogP contribution in [0.2, 0.25) is 0 Å². The maximum atomic E-state index is 12.5. The highest BCUT2D eigenvalue weighted by molar-refractivity contribution is 5.97. The fraction of sp³-hybridized carbons (Fsp3) is 0.150. The first-order chi connectivity index (χ1) is 13.6. The van der Waals surface area contributed by atoms with E-state index in [9.17, 15) is 9.59 Å². The zero-order chi connectivity index (χ0) is 19.9. The van der Waals surface area contributed by atoms with Crippen molar-refractivity contribution in [3.63, 3.8) is 0 Å². The number of pyridine rings is 1. The summed E-state index contributed by atoms with van der Waals surface area (Å²) in [4.78, 5) is 37.0. The van der Waals surface area contributed by atoms with Crippen molar-refractivity contribution in [2.24, 2.45) is 0 Å². The molecular formula is C20H19N5O3. The molecule has 3 aromatic rings. The molecule has 28 heavy (non-hydrogen) atoms. The van der Waals surface area contributed by atoms with E-state index >= 15 is 0 Å². The third-order valence-electron chi connectivity index (χ3n) is 3.82. The van der Waals surface area contributed by atoms with Gasteiger partial charge in [-0.3, -0.25) is 9.78 Å². The third kappa shape index (κ3) is 4.67. The molecule has 0 bridgehead atoms. The zero-order valence-electron chi connectivity index (χ0n) is 15.5. The monoisotopic (exact) mass is 377 g/mol. The van der Waals surface area contributed by atoms with Crippen LogP contribution in [0.15, 0.2) is 54.7 Å². The van der Waals surface area contributed by atoms with Crippen molar-refractivity contribution in [3.8, 4) is 0 Å². The standard InChI is InChI=1S/C20H19N5O3/c1-13-23-17(19(26)22-12-14-7-5-6-10-21-14)11-18(24-13)25-16-9-4-3-8-15(16)20(27)28-2/h3-11H,12H2,1-2H3,(H,22,26)(H,23,24,25). The highest BCUT2D eigenvalue weighted by Gasteiger charge is 2.14. The molecule has 0 saturated carbocycles. The Bertz CT molecular complexity index is 992. The first-order valence-electron chi connectivity index (χ1n) is 8.55. The van der Waals surface area contributed by atoms with Crippen LogP contribution < -0.4 is 10.6 Å². The summed E-state index contributed by atoms with van der Waals surface area (Å²) in [6, 6.07) is 13.9. The number of methoxy groups -OCH3 is 1. The Morgan fingerprint density at radius 3 is 2.61 bits per heavy atom. The van der Waals surface area contributed by atoms with Crippen molar-refractivity contribution < 1.29 is 14.3 Å². The van der Waals surface area contributed by atoms with Gasteiger partial charge in [-0.25, -0.2) is 14.8 Å². The SMILES string of the molecule is COC(=O)c1ccccc1Nc1cc(C(=O)NCc2ccccn2)nc(C)n1. The van der Waals surface area contributed by atoms with E-state index in [1.54, 1.807) is 37.4 Å². The molecule has 3 rings (SSSR count). The number of rotatable bonds is 6. The Kier molecular flexibility index (Phi) is 5.91. The summed E-state index contributed by atoms with van der Waals surface area (Å²) in [5.41, 5.74) is 1.84. The van der Waals surface area contributed by atoms with Crippen molar-refractivity contribution in [2.45, 2.75) is 13.5 Å². The first-order valence-corrected chi connectivity index (χ1v) is 8.55. The number of hydrogen-bond acceptors (Lipinski definition) is 7. The van der Waals surface area contributed by atoms with Gasteiger partial charge in [-0.15, -0.1) is 0 Å². The molecule has 0 aliphatic rings. The van der Waals surface area contributed by atoms with E-state index in [0.717, 1.165) is 5.69 Å². The number of nitrogens with one attached hydrogen (secondary N) is 2. The number of carbonyl (C=O) groups is 2. The molecule has 0 saturated heterocycles. The van der Waals surface area contributed by atoms with Crippen LogP contribution in [0.1, 0.15) is 32.4 Å². The van der Waals surface area contributed by atoms with Crippen molar-refractivity contribution in [3.05, 3.63) is 77.5 Å². The van der Waals surface area contributed by atoms with E-state index in [4.69, 9.17) is 4.74 Å². The molecule has 1 amide bonds. The predicted octanol–water partition coefficient (Wildman–Crippen LogP) is 2.64. The number of amides is 1. The van der Waals surface area contributed by atoms with Gasteiger partial charge in [-0.1, -0.05) is 18.2 Å². The van der Waals surface area contributed by atoms with Gasteiger partial charge in [0.15, 0.2) is 0 Å². The summed E-state index contributed by atoms with van der Waals surface area (Å²) in [5.74, 6) is -0.00182. The van der Waals surface area contributed by atoms with Gasteiger partial charge in [-0.05, 0) is 31.2 Å². The second-order valence-corrected chi connectivity index (χ2v) is 5.85. The fourth-order valence-electron chi connectivity index (χ4n) is 2.53. The van der Waals surface area contributed by atoms with E-state index in [0.29, 0.717) is 22.9 Å². The van der Waals surface area contributed by atoms with Gasteiger partial charge in [0.2, 0.25) is 0 Å². The Labute approximate surface area is 162 Å². The van der Waals surface area contributed by atoms with Crippen molar-refractivity contribution in [1.82, 2.24) is 20.3 Å². The molecule has 2 heterocycles. The number of esters is 1. The van der Waals surface area contributed by atoms with Crippen LogP contribution in [0.5, 0.6) is 0 Å². The number of carbonyl (C=O) groups excluding carboxylic acids is 2. The number of hydrogen-bond donors (Lipinski definition) is 2. The number of benzene rings is 1. The number of aromatic nitrogens is 3. The van der Waals surface area contributed by atoms with Gasteiger partial charge in [0, 0.05) is 12.3 Å². The normalized spacial score (nSPS) is 10.2. The average Bonchev–Trinajstić information content (AvgIpc) is 2.72. The van der Waals surface area contributed by atoms with E-state index in [-0.39, 0.29) is 18.1 Å². The lowest BCUT2D eigenvalue weighted by Crippen LogP contribution is -2.24. The molecule has 142 valence electrons. The molecule has 1 aromatic carbocycles. The molecule has 0 radical (unpaired) electrons. The minimum Gasteiger partial charge on any atom is -0.465 e. The van der Waals surface area contributed by atoms with Crippen molar-refractivity contribution >= 4 is 23.4 Å². The summed E-state index contributed by atoms with van der Waals surface area (Å²) >= 11 is 0.